The van der Waals surface area contributed by atoms with E-state index in [2.05, 4.69) is 13.8 Å². The molecule has 1 atom stereocenters. The summed E-state index contributed by atoms with van der Waals surface area (Å²) in [7, 11) is 0. The Morgan fingerprint density at radius 3 is 2.55 bits per heavy atom. The molecule has 22 heavy (non-hydrogen) atoms. The van der Waals surface area contributed by atoms with E-state index in [1.807, 2.05) is 0 Å². The van der Waals surface area contributed by atoms with Crippen LogP contribution in [0.5, 0.6) is 0 Å². The van der Waals surface area contributed by atoms with Gasteiger partial charge < -0.3 is 10.0 Å². The van der Waals surface area contributed by atoms with Crippen molar-refractivity contribution < 1.29 is 14.3 Å². The number of nitrogens with zero attached hydrogens (tertiary/aromatic N) is 1. The van der Waals surface area contributed by atoms with Crippen molar-refractivity contribution in [1.29, 1.82) is 0 Å². The van der Waals surface area contributed by atoms with Crippen LogP contribution in [-0.4, -0.2) is 35.1 Å². The van der Waals surface area contributed by atoms with Crippen LogP contribution in [0, 0.1) is 17.7 Å². The number of amides is 1. The lowest BCUT2D eigenvalue weighted by atomic mass is 9.87. The van der Waals surface area contributed by atoms with E-state index in [1.165, 1.54) is 18.2 Å². The van der Waals surface area contributed by atoms with Gasteiger partial charge in [-0.05, 0) is 49.3 Å². The van der Waals surface area contributed by atoms with E-state index >= 15 is 0 Å². The van der Waals surface area contributed by atoms with Gasteiger partial charge >= 0.3 is 0 Å². The fraction of sp³-hybridized carbons (Fsp3) is 0.588. The molecule has 1 fully saturated rings. The Morgan fingerprint density at radius 1 is 1.36 bits per heavy atom. The van der Waals surface area contributed by atoms with Crippen molar-refractivity contribution in [1.82, 2.24) is 4.90 Å². The minimum absolute atomic E-state index is 0.196. The molecule has 3 nitrogen and oxygen atoms in total. The molecule has 1 N–H and O–H groups in total. The number of rotatable bonds is 4. The molecule has 1 heterocycles. The monoisotopic (exact) mass is 327 g/mol. The molecule has 1 amide bonds. The van der Waals surface area contributed by atoms with Gasteiger partial charge in [0.15, 0.2) is 0 Å². The molecular formula is C17H23ClFNO2. The standard InChI is InChI=1S/C17H23ClFNO2/c1-11(2)7-16(21)12-3-5-20(6-4-12)17(22)13-8-14(18)10-15(19)9-13/h8-12,16,21H,3-7H2,1-2H3/t16-/m0/s1. The first-order valence-corrected chi connectivity index (χ1v) is 8.18. The quantitative estimate of drug-likeness (QED) is 0.915. The molecule has 0 aromatic heterocycles. The van der Waals surface area contributed by atoms with Gasteiger partial charge in [-0.2, -0.15) is 0 Å². The van der Waals surface area contributed by atoms with Gasteiger partial charge in [-0.1, -0.05) is 25.4 Å². The fourth-order valence-corrected chi connectivity index (χ4v) is 3.24. The molecule has 5 heteroatoms. The van der Waals surface area contributed by atoms with Crippen LogP contribution in [0.2, 0.25) is 5.02 Å². The summed E-state index contributed by atoms with van der Waals surface area (Å²) in [5, 5.41) is 10.4. The van der Waals surface area contributed by atoms with Crippen molar-refractivity contribution in [2.75, 3.05) is 13.1 Å². The Labute approximate surface area is 136 Å². The zero-order valence-corrected chi connectivity index (χ0v) is 13.8. The number of halogens is 2. The van der Waals surface area contributed by atoms with E-state index in [1.54, 1.807) is 4.90 Å². The molecule has 2 rings (SSSR count). The van der Waals surface area contributed by atoms with Gasteiger partial charge in [0, 0.05) is 23.7 Å². The minimum Gasteiger partial charge on any atom is -0.393 e. The van der Waals surface area contributed by atoms with Gasteiger partial charge in [0.25, 0.3) is 5.91 Å². The predicted octanol–water partition coefficient (Wildman–Crippen LogP) is 3.74. The molecule has 0 radical (unpaired) electrons. The minimum atomic E-state index is -0.502. The second-order valence-electron chi connectivity index (χ2n) is 6.48. The highest BCUT2D eigenvalue weighted by atomic mass is 35.5. The zero-order valence-electron chi connectivity index (χ0n) is 13.1. The van der Waals surface area contributed by atoms with Gasteiger partial charge in [0.2, 0.25) is 0 Å². The first-order chi connectivity index (χ1) is 10.4. The topological polar surface area (TPSA) is 40.5 Å². The summed E-state index contributed by atoms with van der Waals surface area (Å²) < 4.78 is 13.4. The van der Waals surface area contributed by atoms with Gasteiger partial charge in [-0.15, -0.1) is 0 Å². The second kappa shape index (κ2) is 7.42. The maximum atomic E-state index is 13.4. The average molecular weight is 328 g/mol. The lowest BCUT2D eigenvalue weighted by Crippen LogP contribution is -2.41. The number of likely N-dealkylation sites (tertiary alicyclic amines) is 1. The Bertz CT molecular complexity index is 507. The first kappa shape index (κ1) is 17.2. The van der Waals surface area contributed by atoms with E-state index in [-0.39, 0.29) is 28.5 Å². The normalized spacial score (nSPS) is 17.8. The number of aliphatic hydroxyl groups excluding tert-OH is 1. The van der Waals surface area contributed by atoms with E-state index in [4.69, 9.17) is 11.6 Å². The van der Waals surface area contributed by atoms with Gasteiger partial charge in [0.1, 0.15) is 5.82 Å². The van der Waals surface area contributed by atoms with Crippen LogP contribution in [0.4, 0.5) is 4.39 Å². The maximum absolute atomic E-state index is 13.4. The molecule has 0 aliphatic carbocycles. The van der Waals surface area contributed by atoms with E-state index < -0.39 is 5.82 Å². The van der Waals surface area contributed by atoms with E-state index in [0.717, 1.165) is 19.3 Å². The highest BCUT2D eigenvalue weighted by molar-refractivity contribution is 6.31. The van der Waals surface area contributed by atoms with Gasteiger partial charge in [0.05, 0.1) is 6.10 Å². The fourth-order valence-electron chi connectivity index (χ4n) is 3.02. The molecular weight excluding hydrogens is 305 g/mol. The Morgan fingerprint density at radius 2 is 2.00 bits per heavy atom. The SMILES string of the molecule is CC(C)C[C@H](O)C1CCN(C(=O)c2cc(F)cc(Cl)c2)CC1. The van der Waals surface area contributed by atoms with Crippen molar-refractivity contribution in [3.63, 3.8) is 0 Å². The maximum Gasteiger partial charge on any atom is 0.254 e. The summed E-state index contributed by atoms with van der Waals surface area (Å²) in [6, 6.07) is 3.90. The number of hydrogen-bond acceptors (Lipinski definition) is 2. The molecule has 1 aromatic rings. The van der Waals surface area contributed by atoms with E-state index in [0.29, 0.717) is 19.0 Å². The average Bonchev–Trinajstić information content (AvgIpc) is 2.45. The van der Waals surface area contributed by atoms with E-state index in [9.17, 15) is 14.3 Å². The summed E-state index contributed by atoms with van der Waals surface area (Å²) in [6.45, 7) is 5.37. The van der Waals surface area contributed by atoms with Crippen LogP contribution in [0.3, 0.4) is 0 Å². The Kier molecular flexibility index (Phi) is 5.81. The summed E-state index contributed by atoms with van der Waals surface area (Å²) >= 11 is 5.80. The van der Waals surface area contributed by atoms with Crippen molar-refractivity contribution >= 4 is 17.5 Å². The lowest BCUT2D eigenvalue weighted by molar-refractivity contribution is 0.0385. The molecule has 1 aliphatic rings. The molecule has 122 valence electrons. The zero-order chi connectivity index (χ0) is 16.3. The van der Waals surface area contributed by atoms with Crippen molar-refractivity contribution in [2.24, 2.45) is 11.8 Å². The number of benzene rings is 1. The molecule has 1 saturated heterocycles. The van der Waals surface area contributed by atoms with Crippen molar-refractivity contribution in [3.8, 4) is 0 Å². The number of carbonyl (C=O) groups excluding carboxylic acids is 1. The molecule has 0 unspecified atom stereocenters. The summed E-state index contributed by atoms with van der Waals surface area (Å²) in [4.78, 5) is 14.1. The van der Waals surface area contributed by atoms with Crippen molar-refractivity contribution in [3.05, 3.63) is 34.6 Å². The molecule has 0 bridgehead atoms. The van der Waals surface area contributed by atoms with Crippen LogP contribution in [0.1, 0.15) is 43.5 Å². The molecule has 1 aromatic carbocycles. The number of piperidine rings is 1. The highest BCUT2D eigenvalue weighted by Crippen LogP contribution is 2.26. The summed E-state index contributed by atoms with van der Waals surface area (Å²) in [5.41, 5.74) is 0.283. The third-order valence-corrected chi connectivity index (χ3v) is 4.41. The number of carbonyl (C=O) groups is 1. The van der Waals surface area contributed by atoms with Crippen LogP contribution in [0.25, 0.3) is 0 Å². The molecule has 0 spiro atoms. The predicted molar refractivity (Wildman–Crippen MR) is 85.5 cm³/mol. The Balaban J connectivity index is 1.95. The van der Waals surface area contributed by atoms with Crippen LogP contribution < -0.4 is 0 Å². The number of aliphatic hydroxyl groups is 1. The van der Waals surface area contributed by atoms with Gasteiger partial charge in [-0.3, -0.25) is 4.79 Å². The van der Waals surface area contributed by atoms with Crippen LogP contribution >= 0.6 is 11.6 Å². The van der Waals surface area contributed by atoms with Gasteiger partial charge in [-0.25, -0.2) is 4.39 Å². The smallest absolute Gasteiger partial charge is 0.254 e. The largest absolute Gasteiger partial charge is 0.393 e. The second-order valence-corrected chi connectivity index (χ2v) is 6.92. The first-order valence-electron chi connectivity index (χ1n) is 7.80. The van der Waals surface area contributed by atoms with Crippen LogP contribution in [0.15, 0.2) is 18.2 Å². The Hall–Kier alpha value is -1.13. The molecule has 0 saturated carbocycles. The third-order valence-electron chi connectivity index (χ3n) is 4.19. The summed E-state index contributed by atoms with van der Waals surface area (Å²) in [5.74, 6) is 0.00272. The highest BCUT2D eigenvalue weighted by Gasteiger charge is 2.28. The lowest BCUT2D eigenvalue weighted by Gasteiger charge is -2.34. The van der Waals surface area contributed by atoms with Crippen LogP contribution in [-0.2, 0) is 0 Å². The third kappa shape index (κ3) is 4.43. The summed E-state index contributed by atoms with van der Waals surface area (Å²) in [6.07, 6.45) is 2.05. The number of hydrogen-bond donors (Lipinski definition) is 1. The molecule has 1 aliphatic heterocycles. The van der Waals surface area contributed by atoms with Crippen molar-refractivity contribution in [2.45, 2.75) is 39.2 Å².